The first-order valence-corrected chi connectivity index (χ1v) is 6.23. The van der Waals surface area contributed by atoms with Crippen LogP contribution < -0.4 is 5.32 Å². The molecule has 0 aromatic carbocycles. The second-order valence-electron chi connectivity index (χ2n) is 4.37. The molecule has 0 aromatic heterocycles. The van der Waals surface area contributed by atoms with E-state index in [0.717, 1.165) is 24.5 Å². The first kappa shape index (κ1) is 13.2. The van der Waals surface area contributed by atoms with Gasteiger partial charge in [-0.2, -0.15) is 0 Å². The third kappa shape index (κ3) is 3.97. The van der Waals surface area contributed by atoms with Crippen LogP contribution in [0.2, 0.25) is 0 Å². The van der Waals surface area contributed by atoms with Crippen LogP contribution in [-0.4, -0.2) is 25.7 Å². The molecular formula is C13H23NO2. The summed E-state index contributed by atoms with van der Waals surface area (Å²) < 4.78 is 4.70. The summed E-state index contributed by atoms with van der Waals surface area (Å²) in [6.07, 6.45) is 6.56. The Kier molecular flexibility index (Phi) is 5.53. The standard InChI is InChI=1S/C13H23NO2/c1-4-6-11-9-12(11)14-8-7-10(5-2)13(15)16-3/h7,11-12,14H,4-6,8-9H2,1-3H3/b10-7-. The Labute approximate surface area is 98.2 Å². The highest BCUT2D eigenvalue weighted by Gasteiger charge is 2.34. The predicted molar refractivity (Wildman–Crippen MR) is 65.2 cm³/mol. The number of hydrogen-bond acceptors (Lipinski definition) is 3. The molecule has 0 aliphatic heterocycles. The maximum Gasteiger partial charge on any atom is 0.333 e. The van der Waals surface area contributed by atoms with Crippen LogP contribution in [0.15, 0.2) is 11.6 Å². The van der Waals surface area contributed by atoms with E-state index in [4.69, 9.17) is 4.74 Å². The van der Waals surface area contributed by atoms with E-state index in [0.29, 0.717) is 6.04 Å². The maximum atomic E-state index is 11.3. The van der Waals surface area contributed by atoms with E-state index in [1.165, 1.54) is 26.4 Å². The van der Waals surface area contributed by atoms with E-state index in [-0.39, 0.29) is 5.97 Å². The van der Waals surface area contributed by atoms with Crippen LogP contribution in [0.25, 0.3) is 0 Å². The van der Waals surface area contributed by atoms with Gasteiger partial charge in [0.2, 0.25) is 0 Å². The number of rotatable bonds is 7. The molecule has 1 aliphatic rings. The van der Waals surface area contributed by atoms with Crippen LogP contribution in [-0.2, 0) is 9.53 Å². The van der Waals surface area contributed by atoms with Gasteiger partial charge in [-0.1, -0.05) is 26.3 Å². The quantitative estimate of drug-likeness (QED) is 0.533. The summed E-state index contributed by atoms with van der Waals surface area (Å²) in [6.45, 7) is 4.98. The van der Waals surface area contributed by atoms with Gasteiger partial charge in [0.15, 0.2) is 0 Å². The summed E-state index contributed by atoms with van der Waals surface area (Å²) in [5.41, 5.74) is 0.766. The molecule has 16 heavy (non-hydrogen) atoms. The molecule has 0 bridgehead atoms. The van der Waals surface area contributed by atoms with Gasteiger partial charge in [-0.05, 0) is 25.2 Å². The molecule has 0 amide bonds. The molecule has 1 aliphatic carbocycles. The van der Waals surface area contributed by atoms with Crippen molar-refractivity contribution < 1.29 is 9.53 Å². The Morgan fingerprint density at radius 3 is 2.81 bits per heavy atom. The Balaban J connectivity index is 2.23. The molecule has 1 N–H and O–H groups in total. The molecule has 0 aromatic rings. The Bertz CT molecular complexity index is 261. The van der Waals surface area contributed by atoms with E-state index in [1.807, 2.05) is 13.0 Å². The smallest absolute Gasteiger partial charge is 0.333 e. The Morgan fingerprint density at radius 1 is 1.50 bits per heavy atom. The van der Waals surface area contributed by atoms with Crippen molar-refractivity contribution in [2.75, 3.05) is 13.7 Å². The van der Waals surface area contributed by atoms with E-state index in [9.17, 15) is 4.79 Å². The van der Waals surface area contributed by atoms with Crippen molar-refractivity contribution in [3.8, 4) is 0 Å². The van der Waals surface area contributed by atoms with Crippen LogP contribution in [0, 0.1) is 5.92 Å². The zero-order valence-corrected chi connectivity index (χ0v) is 10.6. The van der Waals surface area contributed by atoms with Gasteiger partial charge < -0.3 is 10.1 Å². The number of carbonyl (C=O) groups excluding carboxylic acids is 1. The summed E-state index contributed by atoms with van der Waals surface area (Å²) >= 11 is 0. The molecule has 2 atom stereocenters. The number of nitrogens with one attached hydrogen (secondary N) is 1. The minimum atomic E-state index is -0.204. The van der Waals surface area contributed by atoms with Crippen molar-refractivity contribution in [1.29, 1.82) is 0 Å². The number of esters is 1. The fraction of sp³-hybridized carbons (Fsp3) is 0.769. The first-order chi connectivity index (χ1) is 7.72. The third-order valence-electron chi connectivity index (χ3n) is 3.14. The average molecular weight is 225 g/mol. The fourth-order valence-corrected chi connectivity index (χ4v) is 2.02. The van der Waals surface area contributed by atoms with Gasteiger partial charge in [0.05, 0.1) is 7.11 Å². The van der Waals surface area contributed by atoms with Crippen molar-refractivity contribution in [3.63, 3.8) is 0 Å². The van der Waals surface area contributed by atoms with Gasteiger partial charge >= 0.3 is 5.97 Å². The molecule has 0 spiro atoms. The molecule has 0 saturated heterocycles. The summed E-state index contributed by atoms with van der Waals surface area (Å²) in [4.78, 5) is 11.3. The highest BCUT2D eigenvalue weighted by atomic mass is 16.5. The van der Waals surface area contributed by atoms with Crippen LogP contribution >= 0.6 is 0 Å². The minimum Gasteiger partial charge on any atom is -0.466 e. The molecular weight excluding hydrogens is 202 g/mol. The molecule has 1 fully saturated rings. The Hall–Kier alpha value is -0.830. The number of methoxy groups -OCH3 is 1. The lowest BCUT2D eigenvalue weighted by Gasteiger charge is -2.03. The summed E-state index contributed by atoms with van der Waals surface area (Å²) in [5, 5.41) is 3.45. The van der Waals surface area contributed by atoms with Crippen LogP contribution in [0.1, 0.15) is 39.5 Å². The SMILES string of the molecule is CCCC1CC1NC/C=C(/CC)C(=O)OC. The van der Waals surface area contributed by atoms with E-state index in [2.05, 4.69) is 12.2 Å². The fourth-order valence-electron chi connectivity index (χ4n) is 2.02. The second-order valence-corrected chi connectivity index (χ2v) is 4.37. The highest BCUT2D eigenvalue weighted by molar-refractivity contribution is 5.88. The minimum absolute atomic E-state index is 0.204. The zero-order valence-electron chi connectivity index (χ0n) is 10.6. The summed E-state index contributed by atoms with van der Waals surface area (Å²) in [6, 6.07) is 0.673. The average Bonchev–Trinajstić information content (AvgIpc) is 3.02. The predicted octanol–water partition coefficient (Wildman–Crippen LogP) is 2.27. The number of hydrogen-bond donors (Lipinski definition) is 1. The lowest BCUT2D eigenvalue weighted by atomic mass is 10.2. The van der Waals surface area contributed by atoms with Crippen LogP contribution in [0.5, 0.6) is 0 Å². The summed E-state index contributed by atoms with van der Waals surface area (Å²) in [7, 11) is 1.43. The Morgan fingerprint density at radius 2 is 2.25 bits per heavy atom. The highest BCUT2D eigenvalue weighted by Crippen LogP contribution is 2.34. The van der Waals surface area contributed by atoms with Gasteiger partial charge in [0.1, 0.15) is 0 Å². The largest absolute Gasteiger partial charge is 0.466 e. The van der Waals surface area contributed by atoms with Gasteiger partial charge in [-0.3, -0.25) is 0 Å². The van der Waals surface area contributed by atoms with Gasteiger partial charge in [0.25, 0.3) is 0 Å². The monoisotopic (exact) mass is 225 g/mol. The molecule has 0 heterocycles. The molecule has 3 nitrogen and oxygen atoms in total. The molecule has 92 valence electrons. The molecule has 0 radical (unpaired) electrons. The maximum absolute atomic E-state index is 11.3. The zero-order chi connectivity index (χ0) is 12.0. The van der Waals surface area contributed by atoms with Gasteiger partial charge in [-0.25, -0.2) is 4.79 Å². The van der Waals surface area contributed by atoms with Crippen molar-refractivity contribution in [2.24, 2.45) is 5.92 Å². The lowest BCUT2D eigenvalue weighted by Crippen LogP contribution is -2.19. The van der Waals surface area contributed by atoms with Crippen LogP contribution in [0.3, 0.4) is 0 Å². The van der Waals surface area contributed by atoms with Gasteiger partial charge in [0, 0.05) is 18.2 Å². The van der Waals surface area contributed by atoms with Crippen molar-refractivity contribution in [3.05, 3.63) is 11.6 Å². The van der Waals surface area contributed by atoms with Gasteiger partial charge in [-0.15, -0.1) is 0 Å². The normalized spacial score (nSPS) is 24.3. The molecule has 1 rings (SSSR count). The molecule has 2 unspecified atom stereocenters. The third-order valence-corrected chi connectivity index (χ3v) is 3.14. The number of carbonyl (C=O) groups is 1. The first-order valence-electron chi connectivity index (χ1n) is 6.23. The van der Waals surface area contributed by atoms with Crippen molar-refractivity contribution >= 4 is 5.97 Å². The lowest BCUT2D eigenvalue weighted by molar-refractivity contribution is -0.136. The number of ether oxygens (including phenoxy) is 1. The van der Waals surface area contributed by atoms with E-state index >= 15 is 0 Å². The topological polar surface area (TPSA) is 38.3 Å². The summed E-state index contributed by atoms with van der Waals surface area (Å²) in [5.74, 6) is 0.659. The van der Waals surface area contributed by atoms with Crippen LogP contribution in [0.4, 0.5) is 0 Å². The van der Waals surface area contributed by atoms with Crippen molar-refractivity contribution in [1.82, 2.24) is 5.32 Å². The second kappa shape index (κ2) is 6.69. The molecule has 3 heteroatoms. The van der Waals surface area contributed by atoms with E-state index in [1.54, 1.807) is 0 Å². The van der Waals surface area contributed by atoms with Crippen molar-refractivity contribution in [2.45, 2.75) is 45.6 Å². The molecule has 1 saturated carbocycles. The van der Waals surface area contributed by atoms with E-state index < -0.39 is 0 Å².